The number of carbonyl (C=O) groups is 1. The van der Waals surface area contributed by atoms with E-state index < -0.39 is 5.60 Å². The molecule has 4 atom stereocenters. The Bertz CT molecular complexity index is 762. The lowest BCUT2D eigenvalue weighted by molar-refractivity contribution is -0.143. The molecule has 3 aliphatic heterocycles. The fourth-order valence-corrected chi connectivity index (χ4v) is 5.05. The smallest absolute Gasteiger partial charge is 0.305 e. The summed E-state index contributed by atoms with van der Waals surface area (Å²) < 4.78 is 4.89. The molecule has 6 nitrogen and oxygen atoms in total. The molecule has 0 unspecified atom stereocenters. The van der Waals surface area contributed by atoms with Crippen LogP contribution in [0.4, 0.5) is 5.69 Å². The predicted octanol–water partition coefficient (Wildman–Crippen LogP) is 2.35. The van der Waals surface area contributed by atoms with Gasteiger partial charge >= 0.3 is 5.97 Å². The van der Waals surface area contributed by atoms with Crippen molar-refractivity contribution in [1.82, 2.24) is 4.90 Å². The lowest BCUT2D eigenvalue weighted by Gasteiger charge is -2.50. The van der Waals surface area contributed by atoms with Crippen LogP contribution >= 0.6 is 0 Å². The third kappa shape index (κ3) is 2.55. The van der Waals surface area contributed by atoms with Gasteiger partial charge in [0.1, 0.15) is 11.4 Å². The number of esters is 1. The number of methoxy groups -OCH3 is 1. The van der Waals surface area contributed by atoms with Gasteiger partial charge in [0.25, 0.3) is 0 Å². The highest BCUT2D eigenvalue weighted by atomic mass is 16.5. The van der Waals surface area contributed by atoms with Crippen LogP contribution in [0.2, 0.25) is 0 Å². The summed E-state index contributed by atoms with van der Waals surface area (Å²) >= 11 is 0. The van der Waals surface area contributed by atoms with Crippen LogP contribution in [0.1, 0.15) is 38.2 Å². The number of piperidine rings is 2. The van der Waals surface area contributed by atoms with E-state index in [9.17, 15) is 15.0 Å². The van der Waals surface area contributed by atoms with E-state index in [1.165, 1.54) is 7.11 Å². The van der Waals surface area contributed by atoms with E-state index in [0.29, 0.717) is 30.0 Å². The van der Waals surface area contributed by atoms with Crippen molar-refractivity contribution in [3.8, 4) is 5.75 Å². The Morgan fingerprint density at radius 3 is 2.96 bits per heavy atom. The van der Waals surface area contributed by atoms with Gasteiger partial charge in [0.2, 0.25) is 0 Å². The van der Waals surface area contributed by atoms with Gasteiger partial charge in [-0.05, 0) is 36.8 Å². The van der Waals surface area contributed by atoms with Crippen LogP contribution in [-0.2, 0) is 15.1 Å². The molecule has 0 saturated carbocycles. The van der Waals surface area contributed by atoms with E-state index in [1.807, 2.05) is 6.07 Å². The van der Waals surface area contributed by atoms with Crippen molar-refractivity contribution < 1.29 is 19.7 Å². The van der Waals surface area contributed by atoms with Crippen LogP contribution < -0.4 is 0 Å². The minimum Gasteiger partial charge on any atom is -0.507 e. The van der Waals surface area contributed by atoms with E-state index in [0.717, 1.165) is 31.6 Å². The molecule has 3 aliphatic rings. The number of aromatic hydroxyl groups is 1. The molecule has 0 aliphatic carbocycles. The summed E-state index contributed by atoms with van der Waals surface area (Å²) in [6.45, 7) is 3.83. The maximum atomic E-state index is 11.9. The fourth-order valence-electron chi connectivity index (χ4n) is 5.05. The minimum atomic E-state index is -1.20. The van der Waals surface area contributed by atoms with Crippen molar-refractivity contribution in [2.24, 2.45) is 16.8 Å². The molecule has 2 saturated heterocycles. The molecule has 2 fully saturated rings. The zero-order valence-electron chi connectivity index (χ0n) is 15.3. The van der Waals surface area contributed by atoms with Gasteiger partial charge in [-0.15, -0.1) is 0 Å². The van der Waals surface area contributed by atoms with Crippen LogP contribution in [0.15, 0.2) is 23.2 Å². The molecule has 140 valence electrons. The number of aliphatic hydroxyl groups is 1. The van der Waals surface area contributed by atoms with Gasteiger partial charge in [0.05, 0.1) is 30.1 Å². The summed E-state index contributed by atoms with van der Waals surface area (Å²) in [6, 6.07) is 5.20. The number of phenols is 1. The predicted molar refractivity (Wildman–Crippen MR) is 97.6 cm³/mol. The molecule has 1 aromatic carbocycles. The number of ether oxygens (including phenoxy) is 1. The number of hydrogen-bond acceptors (Lipinski definition) is 6. The Balaban J connectivity index is 1.67. The molecule has 0 radical (unpaired) electrons. The summed E-state index contributed by atoms with van der Waals surface area (Å²) in [5, 5.41) is 21.7. The quantitative estimate of drug-likeness (QED) is 0.811. The zero-order chi connectivity index (χ0) is 18.5. The topological polar surface area (TPSA) is 82.4 Å². The van der Waals surface area contributed by atoms with E-state index in [2.05, 4.69) is 11.8 Å². The van der Waals surface area contributed by atoms with Gasteiger partial charge < -0.3 is 14.9 Å². The molecule has 0 bridgehead atoms. The first kappa shape index (κ1) is 17.5. The first-order valence-corrected chi connectivity index (χ1v) is 9.42. The molecule has 6 heteroatoms. The standard InChI is InChI=1S/C20H26N2O4/c1-3-12-11-22-8-7-20(25)18-14(5-4-6-16(18)23)21-19(20)15(22)9-13(12)10-17(24)26-2/h4-6,12-13,15,23,25H,3,7-11H2,1-2H3/t12-,13-,15-,20+/m1/s1. The third-order valence-corrected chi connectivity index (χ3v) is 6.46. The Kier molecular flexibility index (Phi) is 4.28. The van der Waals surface area contributed by atoms with Gasteiger partial charge in [-0.3, -0.25) is 14.7 Å². The lowest BCUT2D eigenvalue weighted by atomic mass is 9.71. The lowest BCUT2D eigenvalue weighted by Crippen LogP contribution is -2.60. The van der Waals surface area contributed by atoms with Crippen molar-refractivity contribution in [3.63, 3.8) is 0 Å². The number of nitrogens with zero attached hydrogens (tertiary/aromatic N) is 2. The first-order valence-electron chi connectivity index (χ1n) is 9.42. The monoisotopic (exact) mass is 358 g/mol. The van der Waals surface area contributed by atoms with E-state index >= 15 is 0 Å². The second-order valence-electron chi connectivity index (χ2n) is 7.73. The van der Waals surface area contributed by atoms with E-state index in [4.69, 9.17) is 9.73 Å². The second-order valence-corrected chi connectivity index (χ2v) is 7.73. The second kappa shape index (κ2) is 6.35. The number of carbonyl (C=O) groups excluding carboxylic acids is 1. The van der Waals surface area contributed by atoms with Gasteiger partial charge in [0, 0.05) is 19.5 Å². The van der Waals surface area contributed by atoms with Crippen molar-refractivity contribution in [1.29, 1.82) is 0 Å². The van der Waals surface area contributed by atoms with Crippen LogP contribution in [0.5, 0.6) is 5.75 Å². The van der Waals surface area contributed by atoms with Crippen molar-refractivity contribution in [2.45, 2.75) is 44.2 Å². The molecule has 2 N–H and O–H groups in total. The molecule has 4 rings (SSSR count). The molecular weight excluding hydrogens is 332 g/mol. The summed E-state index contributed by atoms with van der Waals surface area (Å²) in [6.07, 6.45) is 2.74. The molecule has 26 heavy (non-hydrogen) atoms. The van der Waals surface area contributed by atoms with Crippen LogP contribution in [0, 0.1) is 11.8 Å². The number of phenolic OH excluding ortho intramolecular Hbond substituents is 1. The zero-order valence-corrected chi connectivity index (χ0v) is 15.3. The van der Waals surface area contributed by atoms with Crippen molar-refractivity contribution >= 4 is 17.4 Å². The molecule has 0 amide bonds. The maximum Gasteiger partial charge on any atom is 0.305 e. The Morgan fingerprint density at radius 1 is 1.42 bits per heavy atom. The molecular formula is C20H26N2O4. The van der Waals surface area contributed by atoms with Gasteiger partial charge in [-0.25, -0.2) is 0 Å². The van der Waals surface area contributed by atoms with Crippen LogP contribution in [-0.4, -0.2) is 53.0 Å². The van der Waals surface area contributed by atoms with Crippen molar-refractivity contribution in [2.75, 3.05) is 20.2 Å². The summed E-state index contributed by atoms with van der Waals surface area (Å²) in [7, 11) is 1.43. The maximum absolute atomic E-state index is 11.9. The minimum absolute atomic E-state index is 0.00185. The Morgan fingerprint density at radius 2 is 2.23 bits per heavy atom. The average Bonchev–Trinajstić information content (AvgIpc) is 2.95. The normalized spacial score (nSPS) is 33.0. The number of hydrogen-bond donors (Lipinski definition) is 2. The average molecular weight is 358 g/mol. The van der Waals surface area contributed by atoms with Gasteiger partial charge in [-0.1, -0.05) is 19.4 Å². The Hall–Kier alpha value is -1.92. The Labute approximate surface area is 153 Å². The highest BCUT2D eigenvalue weighted by Gasteiger charge is 2.53. The first-order chi connectivity index (χ1) is 12.5. The van der Waals surface area contributed by atoms with Gasteiger partial charge in [0.15, 0.2) is 0 Å². The van der Waals surface area contributed by atoms with Crippen LogP contribution in [0.3, 0.4) is 0 Å². The highest BCUT2D eigenvalue weighted by Crippen LogP contribution is 2.50. The SMILES string of the molecule is CC[C@@H]1CN2CC[C@@]3(O)C(=Nc4cccc(O)c43)[C@H]2C[C@@H]1CC(=O)OC. The number of aliphatic imine (C=N–C) groups is 1. The van der Waals surface area contributed by atoms with E-state index in [-0.39, 0.29) is 23.7 Å². The number of rotatable bonds is 3. The summed E-state index contributed by atoms with van der Waals surface area (Å²) in [5.41, 5.74) is 0.726. The molecule has 3 heterocycles. The van der Waals surface area contributed by atoms with E-state index in [1.54, 1.807) is 12.1 Å². The molecule has 1 aromatic rings. The fraction of sp³-hybridized carbons (Fsp3) is 0.600. The number of benzene rings is 1. The third-order valence-electron chi connectivity index (χ3n) is 6.46. The largest absolute Gasteiger partial charge is 0.507 e. The summed E-state index contributed by atoms with van der Waals surface area (Å²) in [4.78, 5) is 19.0. The summed E-state index contributed by atoms with van der Waals surface area (Å²) in [5.74, 6) is 0.582. The number of fused-ring (bicyclic) bond motifs is 5. The highest BCUT2D eigenvalue weighted by molar-refractivity contribution is 6.05. The van der Waals surface area contributed by atoms with Crippen LogP contribution in [0.25, 0.3) is 0 Å². The molecule has 0 spiro atoms. The van der Waals surface area contributed by atoms with Gasteiger partial charge in [-0.2, -0.15) is 0 Å². The molecule has 0 aromatic heterocycles. The van der Waals surface area contributed by atoms with Crippen molar-refractivity contribution in [3.05, 3.63) is 23.8 Å².